The summed E-state index contributed by atoms with van der Waals surface area (Å²) in [7, 11) is 0. The van der Waals surface area contributed by atoms with Crippen LogP contribution in [-0.4, -0.2) is 12.2 Å². The molecule has 2 heterocycles. The Kier molecular flexibility index (Phi) is 2.59. The minimum Gasteiger partial charge on any atom is -0.357 e. The van der Waals surface area contributed by atoms with E-state index in [9.17, 15) is 0 Å². The van der Waals surface area contributed by atoms with Crippen molar-refractivity contribution in [1.29, 1.82) is 0 Å². The van der Waals surface area contributed by atoms with Gasteiger partial charge in [-0.25, -0.2) is 0 Å². The predicted molar refractivity (Wildman–Crippen MR) is 126 cm³/mol. The second kappa shape index (κ2) is 4.79. The Morgan fingerprint density at radius 1 is 0.548 bits per heavy atom. The summed E-state index contributed by atoms with van der Waals surface area (Å²) in [6.07, 6.45) is 4.65. The lowest BCUT2D eigenvalue weighted by atomic mass is 9.78. The van der Waals surface area contributed by atoms with Gasteiger partial charge in [0.05, 0.1) is 0 Å². The molecular weight excluding hydrogens is 376 g/mol. The summed E-state index contributed by atoms with van der Waals surface area (Å²) in [6.45, 7) is 9.58. The van der Waals surface area contributed by atoms with Gasteiger partial charge in [-0.1, -0.05) is 88.4 Å². The van der Waals surface area contributed by atoms with E-state index in [1.54, 1.807) is 0 Å². The molecular formula is C30H24O. The molecule has 0 spiro atoms. The fourth-order valence-corrected chi connectivity index (χ4v) is 7.27. The molecule has 31 heavy (non-hydrogen) atoms. The molecule has 0 saturated carbocycles. The second-order valence-electron chi connectivity index (χ2n) is 10.8. The van der Waals surface area contributed by atoms with Crippen molar-refractivity contribution in [3.8, 4) is 22.3 Å². The molecule has 0 N–H and O–H groups in total. The topological polar surface area (TPSA) is 9.23 Å². The van der Waals surface area contributed by atoms with Crippen LogP contribution in [0.1, 0.15) is 61.1 Å². The van der Waals surface area contributed by atoms with Crippen LogP contribution in [0.3, 0.4) is 0 Å². The summed E-state index contributed by atoms with van der Waals surface area (Å²) in [5.41, 5.74) is 17.2. The molecule has 2 unspecified atom stereocenters. The van der Waals surface area contributed by atoms with Crippen LogP contribution in [0.25, 0.3) is 33.4 Å². The van der Waals surface area contributed by atoms with Gasteiger partial charge >= 0.3 is 0 Å². The van der Waals surface area contributed by atoms with Gasteiger partial charge in [0.2, 0.25) is 0 Å². The zero-order valence-corrected chi connectivity index (χ0v) is 18.3. The number of rotatable bonds is 0. The van der Waals surface area contributed by atoms with E-state index < -0.39 is 0 Å². The molecule has 0 amide bonds. The van der Waals surface area contributed by atoms with Crippen LogP contribution in [0.2, 0.25) is 0 Å². The molecule has 2 aliphatic heterocycles. The summed E-state index contributed by atoms with van der Waals surface area (Å²) in [5.74, 6) is 0. The van der Waals surface area contributed by atoms with Gasteiger partial charge in [0, 0.05) is 10.8 Å². The van der Waals surface area contributed by atoms with Crippen molar-refractivity contribution in [3.05, 3.63) is 94.1 Å². The molecule has 1 heteroatoms. The van der Waals surface area contributed by atoms with Gasteiger partial charge in [0.25, 0.3) is 0 Å². The highest BCUT2D eigenvalue weighted by Crippen LogP contribution is 2.64. The van der Waals surface area contributed by atoms with Crippen molar-refractivity contribution in [2.24, 2.45) is 0 Å². The Morgan fingerprint density at radius 2 is 0.968 bits per heavy atom. The molecule has 3 aromatic rings. The molecule has 3 aromatic carbocycles. The smallest absolute Gasteiger partial charge is 0.103 e. The van der Waals surface area contributed by atoms with Gasteiger partial charge in [-0.2, -0.15) is 0 Å². The summed E-state index contributed by atoms with van der Waals surface area (Å²) < 4.78 is 6.48. The van der Waals surface area contributed by atoms with Crippen LogP contribution < -0.4 is 0 Å². The Hall–Kier alpha value is -2.90. The molecule has 8 rings (SSSR count). The SMILES string of the molecule is CC1(C)c2cccc3c2-c2c1ccc1c2-c2c(cccc2C1(C)C)C1=C3C2C=CC1O2. The van der Waals surface area contributed by atoms with Crippen LogP contribution in [0.4, 0.5) is 0 Å². The van der Waals surface area contributed by atoms with Crippen molar-refractivity contribution in [2.45, 2.75) is 50.7 Å². The van der Waals surface area contributed by atoms with Crippen molar-refractivity contribution in [1.82, 2.24) is 0 Å². The van der Waals surface area contributed by atoms with E-state index in [4.69, 9.17) is 4.74 Å². The van der Waals surface area contributed by atoms with Crippen LogP contribution in [-0.2, 0) is 15.6 Å². The molecule has 2 atom stereocenters. The summed E-state index contributed by atoms with van der Waals surface area (Å²) in [6, 6.07) is 18.7. The highest BCUT2D eigenvalue weighted by Gasteiger charge is 2.49. The number of fused-ring (bicyclic) bond motifs is 6. The van der Waals surface area contributed by atoms with E-state index in [-0.39, 0.29) is 23.0 Å². The summed E-state index contributed by atoms with van der Waals surface area (Å²) in [5, 5.41) is 0. The standard InChI is InChI=1S/C30H24O/c1-29(2)17-9-5-7-15-23(17)27-19(29)11-12-20-28(27)24-16(8-6-10-18(24)30(20,3)4)26-22-14-13-21(31-22)25(15)26/h5-14,21-22H,1-4H3. The van der Waals surface area contributed by atoms with Crippen molar-refractivity contribution < 1.29 is 4.74 Å². The summed E-state index contributed by atoms with van der Waals surface area (Å²) >= 11 is 0. The average Bonchev–Trinajstić information content (AvgIpc) is 3.47. The first-order valence-electron chi connectivity index (χ1n) is 11.4. The van der Waals surface area contributed by atoms with Crippen LogP contribution in [0, 0.1) is 0 Å². The van der Waals surface area contributed by atoms with Crippen LogP contribution in [0.5, 0.6) is 0 Å². The van der Waals surface area contributed by atoms with Crippen molar-refractivity contribution in [3.63, 3.8) is 0 Å². The maximum absolute atomic E-state index is 6.48. The van der Waals surface area contributed by atoms with E-state index in [1.807, 2.05) is 0 Å². The number of benzene rings is 3. The first-order chi connectivity index (χ1) is 14.9. The number of hydrogen-bond acceptors (Lipinski definition) is 1. The first kappa shape index (κ1) is 16.8. The Balaban J connectivity index is 1.68. The van der Waals surface area contributed by atoms with Crippen molar-refractivity contribution in [2.75, 3.05) is 0 Å². The van der Waals surface area contributed by atoms with Crippen LogP contribution >= 0.6 is 0 Å². The van der Waals surface area contributed by atoms with Crippen molar-refractivity contribution >= 4 is 11.1 Å². The zero-order chi connectivity index (χ0) is 20.9. The van der Waals surface area contributed by atoms with Crippen LogP contribution in [0.15, 0.2) is 60.7 Å². The monoisotopic (exact) mass is 400 g/mol. The molecule has 0 fully saturated rings. The molecule has 5 aliphatic rings. The largest absolute Gasteiger partial charge is 0.357 e. The predicted octanol–water partition coefficient (Wildman–Crippen LogP) is 6.86. The molecule has 2 bridgehead atoms. The maximum atomic E-state index is 6.48. The molecule has 1 nitrogen and oxygen atoms in total. The Labute approximate surface area is 183 Å². The average molecular weight is 401 g/mol. The lowest BCUT2D eigenvalue weighted by Crippen LogP contribution is -2.17. The third-order valence-corrected chi connectivity index (χ3v) is 8.72. The second-order valence-corrected chi connectivity index (χ2v) is 10.8. The van der Waals surface area contributed by atoms with Gasteiger partial charge in [0.1, 0.15) is 12.2 Å². The van der Waals surface area contributed by atoms with Gasteiger partial charge in [-0.3, -0.25) is 0 Å². The third-order valence-electron chi connectivity index (χ3n) is 8.72. The van der Waals surface area contributed by atoms with E-state index in [0.29, 0.717) is 0 Å². The molecule has 150 valence electrons. The lowest BCUT2D eigenvalue weighted by Gasteiger charge is -2.24. The quantitative estimate of drug-likeness (QED) is 0.375. The minimum atomic E-state index is -0.00305. The van der Waals surface area contributed by atoms with Gasteiger partial charge < -0.3 is 4.74 Å². The molecule has 3 aliphatic carbocycles. The molecule has 0 radical (unpaired) electrons. The lowest BCUT2D eigenvalue weighted by molar-refractivity contribution is 0.143. The van der Waals surface area contributed by atoms with Gasteiger partial charge in [-0.15, -0.1) is 0 Å². The highest BCUT2D eigenvalue weighted by atomic mass is 16.5. The summed E-state index contributed by atoms with van der Waals surface area (Å²) in [4.78, 5) is 0. The number of hydrogen-bond donors (Lipinski definition) is 0. The Morgan fingerprint density at radius 3 is 1.42 bits per heavy atom. The van der Waals surface area contributed by atoms with E-state index in [0.717, 1.165) is 0 Å². The third kappa shape index (κ3) is 1.61. The first-order valence-corrected chi connectivity index (χ1v) is 11.4. The fraction of sp³-hybridized carbons (Fsp3) is 0.267. The zero-order valence-electron chi connectivity index (χ0n) is 18.3. The van der Waals surface area contributed by atoms with E-state index >= 15 is 0 Å². The minimum absolute atomic E-state index is 0.00305. The van der Waals surface area contributed by atoms with E-state index in [1.165, 1.54) is 66.8 Å². The highest BCUT2D eigenvalue weighted by molar-refractivity contribution is 6.13. The van der Waals surface area contributed by atoms with Gasteiger partial charge in [-0.05, 0) is 66.8 Å². The number of ether oxygens (including phenoxy) is 1. The fourth-order valence-electron chi connectivity index (χ4n) is 7.27. The Bertz CT molecular complexity index is 1350. The molecule has 0 aromatic heterocycles. The molecule has 0 saturated heterocycles. The normalized spacial score (nSPS) is 25.5. The maximum Gasteiger partial charge on any atom is 0.103 e. The van der Waals surface area contributed by atoms with Gasteiger partial charge in [0.15, 0.2) is 0 Å². The van der Waals surface area contributed by atoms with E-state index in [2.05, 4.69) is 88.4 Å².